The van der Waals surface area contributed by atoms with Gasteiger partial charge in [0, 0.05) is 13.2 Å². The lowest BCUT2D eigenvalue weighted by atomic mass is 10.1. The van der Waals surface area contributed by atoms with E-state index in [-0.39, 0.29) is 0 Å². The molecule has 0 amide bonds. The molecule has 0 spiro atoms. The zero-order chi connectivity index (χ0) is 18.1. The van der Waals surface area contributed by atoms with Crippen molar-refractivity contribution in [2.24, 2.45) is 0 Å². The van der Waals surface area contributed by atoms with E-state index in [2.05, 4.69) is 0 Å². The van der Waals surface area contributed by atoms with E-state index in [1.165, 1.54) is 12.1 Å². The number of benzene rings is 2. The van der Waals surface area contributed by atoms with Gasteiger partial charge in [0.05, 0.1) is 0 Å². The van der Waals surface area contributed by atoms with E-state index in [4.69, 9.17) is 4.74 Å². The highest BCUT2D eigenvalue weighted by molar-refractivity contribution is 5.19. The van der Waals surface area contributed by atoms with Crippen LogP contribution in [0.25, 0.3) is 0 Å². The van der Waals surface area contributed by atoms with Crippen LogP contribution in [0.15, 0.2) is 36.4 Å². The molecule has 2 rings (SSSR count). The van der Waals surface area contributed by atoms with Crippen LogP contribution in [-0.2, 0) is 17.6 Å². The highest BCUT2D eigenvalue weighted by atomic mass is 19.2. The number of unbranched alkanes of at least 4 members (excludes halogenated alkanes) is 2. The fourth-order valence-electron chi connectivity index (χ4n) is 2.62. The summed E-state index contributed by atoms with van der Waals surface area (Å²) in [5, 5.41) is 0. The molecule has 0 N–H and O–H groups in total. The Balaban J connectivity index is 1.52. The van der Waals surface area contributed by atoms with Gasteiger partial charge in [-0.25, -0.2) is 17.6 Å². The van der Waals surface area contributed by atoms with Crippen molar-refractivity contribution in [3.05, 3.63) is 70.8 Å². The van der Waals surface area contributed by atoms with Crippen LogP contribution in [0.4, 0.5) is 17.6 Å². The zero-order valence-electron chi connectivity index (χ0n) is 14.0. The molecule has 0 aromatic heterocycles. The molecule has 0 heterocycles. The van der Waals surface area contributed by atoms with Crippen LogP contribution in [0.3, 0.4) is 0 Å². The van der Waals surface area contributed by atoms with Crippen LogP contribution in [0.2, 0.25) is 0 Å². The maximum atomic E-state index is 13.5. The van der Waals surface area contributed by atoms with Crippen LogP contribution in [-0.4, -0.2) is 13.2 Å². The predicted octanol–water partition coefficient (Wildman–Crippen LogP) is 5.61. The second kappa shape index (κ2) is 10.2. The van der Waals surface area contributed by atoms with Gasteiger partial charge in [0.15, 0.2) is 23.3 Å². The van der Waals surface area contributed by atoms with E-state index < -0.39 is 23.3 Å². The zero-order valence-corrected chi connectivity index (χ0v) is 14.0. The topological polar surface area (TPSA) is 9.23 Å². The lowest BCUT2D eigenvalue weighted by molar-refractivity contribution is 0.126. The maximum Gasteiger partial charge on any atom is 0.162 e. The average Bonchev–Trinajstić information content (AvgIpc) is 2.60. The number of rotatable bonds is 10. The Morgan fingerprint density at radius 2 is 1.04 bits per heavy atom. The summed E-state index contributed by atoms with van der Waals surface area (Å²) in [7, 11) is 0. The third-order valence-corrected chi connectivity index (χ3v) is 4.03. The minimum absolute atomic E-state index is 0.386. The van der Waals surface area contributed by atoms with Gasteiger partial charge in [-0.15, -0.1) is 0 Å². The SMILES string of the molecule is Fc1cccc(CCCCOCCCCc2cccc(F)c2F)c1F. The van der Waals surface area contributed by atoms with E-state index in [1.54, 1.807) is 12.1 Å². The molecule has 2 aromatic rings. The molecule has 0 bridgehead atoms. The summed E-state index contributed by atoms with van der Waals surface area (Å²) in [6, 6.07) is 8.41. The number of hydrogen-bond acceptors (Lipinski definition) is 1. The molecule has 0 aliphatic carbocycles. The molecule has 0 radical (unpaired) electrons. The molecular weight excluding hydrogens is 332 g/mol. The molecule has 25 heavy (non-hydrogen) atoms. The smallest absolute Gasteiger partial charge is 0.162 e. The van der Waals surface area contributed by atoms with Gasteiger partial charge in [0.1, 0.15) is 0 Å². The first kappa shape index (κ1) is 19.4. The first-order chi connectivity index (χ1) is 12.1. The second-order valence-electron chi connectivity index (χ2n) is 5.95. The highest BCUT2D eigenvalue weighted by Gasteiger charge is 2.07. The van der Waals surface area contributed by atoms with Crippen LogP contribution >= 0.6 is 0 Å². The van der Waals surface area contributed by atoms with Crippen LogP contribution in [0, 0.1) is 23.3 Å². The monoisotopic (exact) mass is 354 g/mol. The standard InChI is InChI=1S/C20H22F4O/c21-17-11-5-9-15(19(17)23)7-1-3-13-25-14-4-2-8-16-10-6-12-18(22)20(16)24/h5-6,9-12H,1-4,7-8,13-14H2. The van der Waals surface area contributed by atoms with Gasteiger partial charge >= 0.3 is 0 Å². The van der Waals surface area contributed by atoms with Crippen molar-refractivity contribution in [1.82, 2.24) is 0 Å². The maximum absolute atomic E-state index is 13.5. The second-order valence-corrected chi connectivity index (χ2v) is 5.95. The molecule has 136 valence electrons. The minimum atomic E-state index is -0.816. The van der Waals surface area contributed by atoms with Gasteiger partial charge in [-0.3, -0.25) is 0 Å². The lowest BCUT2D eigenvalue weighted by Crippen LogP contribution is -2.01. The average molecular weight is 354 g/mol. The largest absolute Gasteiger partial charge is 0.381 e. The Hall–Kier alpha value is -1.88. The summed E-state index contributed by atoms with van der Waals surface area (Å²) >= 11 is 0. The van der Waals surface area contributed by atoms with Gasteiger partial charge in [-0.1, -0.05) is 24.3 Å². The first-order valence-corrected chi connectivity index (χ1v) is 8.53. The summed E-state index contributed by atoms with van der Waals surface area (Å²) in [6.07, 6.45) is 3.91. The molecule has 0 saturated heterocycles. The molecule has 5 heteroatoms. The Morgan fingerprint density at radius 3 is 1.48 bits per heavy atom. The van der Waals surface area contributed by atoms with Crippen molar-refractivity contribution < 1.29 is 22.3 Å². The van der Waals surface area contributed by atoms with Crippen LogP contribution in [0.1, 0.15) is 36.8 Å². The van der Waals surface area contributed by atoms with Crippen molar-refractivity contribution in [2.75, 3.05) is 13.2 Å². The van der Waals surface area contributed by atoms with Crippen molar-refractivity contribution in [1.29, 1.82) is 0 Å². The van der Waals surface area contributed by atoms with Crippen molar-refractivity contribution in [3.63, 3.8) is 0 Å². The normalized spacial score (nSPS) is 11.0. The molecule has 1 nitrogen and oxygen atoms in total. The summed E-state index contributed by atoms with van der Waals surface area (Å²) in [4.78, 5) is 0. The number of halogens is 4. The Morgan fingerprint density at radius 1 is 0.600 bits per heavy atom. The van der Waals surface area contributed by atoms with Crippen LogP contribution < -0.4 is 0 Å². The van der Waals surface area contributed by atoms with E-state index >= 15 is 0 Å². The summed E-state index contributed by atoms with van der Waals surface area (Å²) in [6.45, 7) is 1.09. The fourth-order valence-corrected chi connectivity index (χ4v) is 2.62. The van der Waals surface area contributed by atoms with E-state index in [0.29, 0.717) is 37.2 Å². The van der Waals surface area contributed by atoms with Gasteiger partial charge < -0.3 is 4.74 Å². The minimum Gasteiger partial charge on any atom is -0.381 e. The Bertz CT molecular complexity index is 615. The molecule has 0 fully saturated rings. The summed E-state index contributed by atoms with van der Waals surface area (Å²) in [5.41, 5.74) is 0.772. The quantitative estimate of drug-likeness (QED) is 0.398. The van der Waals surface area contributed by atoms with Crippen molar-refractivity contribution >= 4 is 0 Å². The van der Waals surface area contributed by atoms with Gasteiger partial charge in [0.2, 0.25) is 0 Å². The highest BCUT2D eigenvalue weighted by Crippen LogP contribution is 2.15. The van der Waals surface area contributed by atoms with Gasteiger partial charge in [-0.05, 0) is 61.8 Å². The van der Waals surface area contributed by atoms with Crippen molar-refractivity contribution in [3.8, 4) is 0 Å². The molecule has 0 unspecified atom stereocenters. The first-order valence-electron chi connectivity index (χ1n) is 8.53. The molecular formula is C20H22F4O. The van der Waals surface area contributed by atoms with Crippen molar-refractivity contribution in [2.45, 2.75) is 38.5 Å². The fraction of sp³-hybridized carbons (Fsp3) is 0.400. The third kappa shape index (κ3) is 6.16. The molecule has 0 atom stereocenters. The van der Waals surface area contributed by atoms with Gasteiger partial charge in [-0.2, -0.15) is 0 Å². The summed E-state index contributed by atoms with van der Waals surface area (Å²) < 4.78 is 58.5. The van der Waals surface area contributed by atoms with E-state index in [9.17, 15) is 17.6 Å². The number of aryl methyl sites for hydroxylation is 2. The van der Waals surface area contributed by atoms with Gasteiger partial charge in [0.25, 0.3) is 0 Å². The molecule has 2 aromatic carbocycles. The van der Waals surface area contributed by atoms with E-state index in [1.807, 2.05) is 0 Å². The Kier molecular flexibility index (Phi) is 7.92. The van der Waals surface area contributed by atoms with E-state index in [0.717, 1.165) is 37.8 Å². The Labute approximate surface area is 145 Å². The lowest BCUT2D eigenvalue weighted by Gasteiger charge is -2.06. The summed E-state index contributed by atoms with van der Waals surface area (Å²) in [5.74, 6) is -3.17. The number of ether oxygens (including phenoxy) is 1. The molecule has 0 saturated carbocycles. The van der Waals surface area contributed by atoms with Crippen LogP contribution in [0.5, 0.6) is 0 Å². The number of hydrogen-bond donors (Lipinski definition) is 0. The third-order valence-electron chi connectivity index (χ3n) is 4.03. The molecule has 0 aliphatic heterocycles. The molecule has 0 aliphatic rings. The predicted molar refractivity (Wildman–Crippen MR) is 89.4 cm³/mol.